The average molecular weight is 476 g/mol. The minimum absolute atomic E-state index is 0.0206. The van der Waals surface area contributed by atoms with Crippen LogP contribution in [0.15, 0.2) is 55.1 Å². The van der Waals surface area contributed by atoms with Crippen molar-refractivity contribution in [3.8, 4) is 22.5 Å². The second-order valence-corrected chi connectivity index (χ2v) is 6.80. The number of hydrogen-bond donors (Lipinski definition) is 0. The molecule has 3 heterocycles. The molecule has 4 aromatic rings. The van der Waals surface area contributed by atoms with E-state index in [0.29, 0.717) is 22.1 Å². The van der Waals surface area contributed by atoms with Gasteiger partial charge in [0, 0.05) is 23.5 Å². The highest BCUT2D eigenvalue weighted by Crippen LogP contribution is 2.42. The second-order valence-electron chi connectivity index (χ2n) is 6.80. The molecule has 3 aromatic heterocycles. The molecule has 0 bridgehead atoms. The van der Waals surface area contributed by atoms with Gasteiger partial charge in [-0.1, -0.05) is 6.07 Å². The third-order valence-electron chi connectivity index (χ3n) is 4.67. The van der Waals surface area contributed by atoms with Crippen LogP contribution >= 0.6 is 0 Å². The summed E-state index contributed by atoms with van der Waals surface area (Å²) in [6.45, 7) is 0. The predicted molar refractivity (Wildman–Crippen MR) is 96.7 cm³/mol. The first kappa shape index (κ1) is 22.6. The maximum atomic E-state index is 13.7. The molecule has 0 unspecified atom stereocenters. The van der Waals surface area contributed by atoms with Gasteiger partial charge in [-0.05, 0) is 30.3 Å². The van der Waals surface area contributed by atoms with Crippen molar-refractivity contribution >= 4 is 5.65 Å². The molecule has 0 saturated heterocycles. The fraction of sp³-hybridized carbons (Fsp3) is 0.150. The molecular formula is C20H9F9N4. The van der Waals surface area contributed by atoms with E-state index in [2.05, 4.69) is 15.0 Å². The summed E-state index contributed by atoms with van der Waals surface area (Å²) in [7, 11) is 0. The quantitative estimate of drug-likeness (QED) is 0.310. The van der Waals surface area contributed by atoms with Gasteiger partial charge in [0.2, 0.25) is 0 Å². The molecule has 172 valence electrons. The molecule has 4 rings (SSSR count). The number of fused-ring (bicyclic) bond motifs is 1. The fourth-order valence-corrected chi connectivity index (χ4v) is 3.24. The molecule has 33 heavy (non-hydrogen) atoms. The van der Waals surface area contributed by atoms with Crippen LogP contribution in [0.5, 0.6) is 0 Å². The number of benzene rings is 1. The molecule has 4 nitrogen and oxygen atoms in total. The molecule has 0 atom stereocenters. The SMILES string of the molecule is FC(F)(F)c1ccc(-c2cc(C(F)(F)F)n3cnc(-c4ccncc4)c3n2)cc1C(F)(F)F. The van der Waals surface area contributed by atoms with Gasteiger partial charge >= 0.3 is 18.5 Å². The summed E-state index contributed by atoms with van der Waals surface area (Å²) in [5.41, 5.74) is -6.54. The van der Waals surface area contributed by atoms with Gasteiger partial charge < -0.3 is 0 Å². The fourth-order valence-electron chi connectivity index (χ4n) is 3.24. The Morgan fingerprint density at radius 1 is 0.667 bits per heavy atom. The van der Waals surface area contributed by atoms with Crippen LogP contribution in [0, 0.1) is 0 Å². The molecular weight excluding hydrogens is 467 g/mol. The van der Waals surface area contributed by atoms with Crippen LogP contribution in [-0.4, -0.2) is 19.4 Å². The lowest BCUT2D eigenvalue weighted by atomic mass is 10.0. The van der Waals surface area contributed by atoms with Gasteiger partial charge in [0.05, 0.1) is 16.8 Å². The van der Waals surface area contributed by atoms with Crippen molar-refractivity contribution in [2.75, 3.05) is 0 Å². The largest absolute Gasteiger partial charge is 0.431 e. The van der Waals surface area contributed by atoms with Crippen LogP contribution in [-0.2, 0) is 18.5 Å². The van der Waals surface area contributed by atoms with Crippen molar-refractivity contribution in [3.05, 3.63) is 71.9 Å². The van der Waals surface area contributed by atoms with E-state index in [9.17, 15) is 39.5 Å². The number of halogens is 9. The maximum absolute atomic E-state index is 13.7. The van der Waals surface area contributed by atoms with Crippen molar-refractivity contribution in [3.63, 3.8) is 0 Å². The monoisotopic (exact) mass is 476 g/mol. The molecule has 0 amide bonds. The van der Waals surface area contributed by atoms with Crippen LogP contribution in [0.1, 0.15) is 16.8 Å². The van der Waals surface area contributed by atoms with Gasteiger partial charge in [-0.25, -0.2) is 9.97 Å². The summed E-state index contributed by atoms with van der Waals surface area (Å²) < 4.78 is 121. The first-order valence-corrected chi connectivity index (χ1v) is 8.91. The first-order chi connectivity index (χ1) is 15.3. The zero-order chi connectivity index (χ0) is 24.2. The molecule has 0 aliphatic heterocycles. The lowest BCUT2D eigenvalue weighted by molar-refractivity contribution is -0.162. The van der Waals surface area contributed by atoms with E-state index in [1.807, 2.05) is 0 Å². The molecule has 0 fully saturated rings. The van der Waals surface area contributed by atoms with E-state index in [0.717, 1.165) is 6.33 Å². The van der Waals surface area contributed by atoms with Crippen LogP contribution in [0.2, 0.25) is 0 Å². The summed E-state index contributed by atoms with van der Waals surface area (Å²) in [6, 6.07) is 4.25. The Morgan fingerprint density at radius 2 is 1.30 bits per heavy atom. The molecule has 0 aliphatic rings. The van der Waals surface area contributed by atoms with Gasteiger partial charge in [-0.2, -0.15) is 39.5 Å². The Labute approximate surface area is 178 Å². The summed E-state index contributed by atoms with van der Waals surface area (Å²) in [4.78, 5) is 11.7. The highest BCUT2D eigenvalue weighted by molar-refractivity contribution is 5.76. The van der Waals surface area contributed by atoms with Crippen LogP contribution in [0.4, 0.5) is 39.5 Å². The highest BCUT2D eigenvalue weighted by atomic mass is 19.4. The Hall–Kier alpha value is -3.64. The summed E-state index contributed by atoms with van der Waals surface area (Å²) in [5, 5.41) is 0. The number of hydrogen-bond acceptors (Lipinski definition) is 3. The zero-order valence-electron chi connectivity index (χ0n) is 15.9. The standard InChI is InChI=1S/C20H9F9N4/c21-18(22,23)12-2-1-11(7-13(12)19(24,25)26)14-8-15(20(27,28)29)33-9-31-16(17(33)32-14)10-3-5-30-6-4-10/h1-9H. The van der Waals surface area contributed by atoms with E-state index in [-0.39, 0.29) is 23.5 Å². The van der Waals surface area contributed by atoms with E-state index >= 15 is 0 Å². The van der Waals surface area contributed by atoms with Gasteiger partial charge in [0.25, 0.3) is 0 Å². The molecule has 0 aliphatic carbocycles. The smallest absolute Gasteiger partial charge is 0.278 e. The first-order valence-electron chi connectivity index (χ1n) is 8.91. The van der Waals surface area contributed by atoms with Crippen LogP contribution < -0.4 is 0 Å². The lowest BCUT2D eigenvalue weighted by Gasteiger charge is -2.17. The molecule has 0 spiro atoms. The normalized spacial score (nSPS) is 13.0. The summed E-state index contributed by atoms with van der Waals surface area (Å²) in [5.74, 6) is 0. The van der Waals surface area contributed by atoms with Gasteiger partial charge in [-0.15, -0.1) is 0 Å². The predicted octanol–water partition coefficient (Wildman–Crippen LogP) is 6.51. The van der Waals surface area contributed by atoms with Gasteiger partial charge in [-0.3, -0.25) is 9.38 Å². The number of alkyl halides is 9. The minimum atomic E-state index is -5.41. The Balaban J connectivity index is 2.00. The Kier molecular flexibility index (Phi) is 5.10. The van der Waals surface area contributed by atoms with Crippen molar-refractivity contribution in [2.45, 2.75) is 18.5 Å². The number of aromatic nitrogens is 4. The maximum Gasteiger partial charge on any atom is 0.431 e. The third kappa shape index (κ3) is 4.22. The van der Waals surface area contributed by atoms with Crippen LogP contribution in [0.25, 0.3) is 28.2 Å². The minimum Gasteiger partial charge on any atom is -0.278 e. The van der Waals surface area contributed by atoms with Crippen molar-refractivity contribution in [1.29, 1.82) is 0 Å². The zero-order valence-corrected chi connectivity index (χ0v) is 15.9. The molecule has 1 aromatic carbocycles. The number of rotatable bonds is 2. The van der Waals surface area contributed by atoms with E-state index in [1.54, 1.807) is 0 Å². The van der Waals surface area contributed by atoms with Gasteiger partial charge in [0.1, 0.15) is 17.7 Å². The van der Waals surface area contributed by atoms with E-state index in [1.165, 1.54) is 24.5 Å². The van der Waals surface area contributed by atoms with Crippen molar-refractivity contribution in [2.24, 2.45) is 0 Å². The molecule has 0 N–H and O–H groups in total. The van der Waals surface area contributed by atoms with Crippen molar-refractivity contribution in [1.82, 2.24) is 19.4 Å². The Bertz CT molecular complexity index is 1320. The van der Waals surface area contributed by atoms with E-state index < -0.39 is 46.6 Å². The van der Waals surface area contributed by atoms with E-state index in [4.69, 9.17) is 0 Å². The van der Waals surface area contributed by atoms with Crippen LogP contribution in [0.3, 0.4) is 0 Å². The summed E-state index contributed by atoms with van der Waals surface area (Å²) in [6.07, 6.45) is -12.2. The average Bonchev–Trinajstić information content (AvgIpc) is 3.15. The third-order valence-corrected chi connectivity index (χ3v) is 4.67. The van der Waals surface area contributed by atoms with Crippen molar-refractivity contribution < 1.29 is 39.5 Å². The topological polar surface area (TPSA) is 43.1 Å². The highest BCUT2D eigenvalue weighted by Gasteiger charge is 2.43. The number of pyridine rings is 1. The molecule has 0 saturated carbocycles. The lowest BCUT2D eigenvalue weighted by Crippen LogP contribution is -2.17. The summed E-state index contributed by atoms with van der Waals surface area (Å²) >= 11 is 0. The van der Waals surface area contributed by atoms with Gasteiger partial charge in [0.15, 0.2) is 5.65 Å². The Morgan fingerprint density at radius 3 is 1.88 bits per heavy atom. The number of nitrogens with zero attached hydrogens (tertiary/aromatic N) is 4. The number of imidazole rings is 1. The second kappa shape index (κ2) is 7.46. The molecule has 0 radical (unpaired) electrons. The molecule has 13 heteroatoms.